The second-order valence-corrected chi connectivity index (χ2v) is 2.41. The standard InChI is InChI=1S/CH3OPS2/c2-1(4)5-3/h3H2,(H,2,4). The van der Waals surface area contributed by atoms with Crippen molar-refractivity contribution in [2.75, 3.05) is 0 Å². The average Bonchev–Trinajstić information content (AvgIpc) is 1.38. The largest absolute Gasteiger partial charge is 0.274 e. The smallest absolute Gasteiger partial charge is 0.246 e. The maximum Gasteiger partial charge on any atom is 0.246 e. The van der Waals surface area contributed by atoms with Gasteiger partial charge in [-0.15, -0.1) is 0 Å². The van der Waals surface area contributed by atoms with Gasteiger partial charge in [0.05, 0.1) is 0 Å². The molecule has 1 nitrogen and oxygen atoms in total. The highest BCUT2D eigenvalue weighted by Gasteiger charge is 1.79. The van der Waals surface area contributed by atoms with Gasteiger partial charge in [0.1, 0.15) is 0 Å². The Balaban J connectivity index is 2.85. The molecule has 5 heavy (non-hydrogen) atoms. The van der Waals surface area contributed by atoms with Crippen LogP contribution < -0.4 is 0 Å². The van der Waals surface area contributed by atoms with Crippen molar-refractivity contribution in [1.82, 2.24) is 0 Å². The number of rotatable bonds is 0. The van der Waals surface area contributed by atoms with Crippen LogP contribution in [-0.2, 0) is 0 Å². The molecule has 0 amide bonds. The van der Waals surface area contributed by atoms with E-state index in [9.17, 15) is 4.79 Å². The Bertz CT molecular complexity index is 44.9. The zero-order chi connectivity index (χ0) is 4.28. The van der Waals surface area contributed by atoms with Crippen LogP contribution >= 0.6 is 32.5 Å². The lowest BCUT2D eigenvalue weighted by molar-refractivity contribution is 0.277. The van der Waals surface area contributed by atoms with Gasteiger partial charge in [0, 0.05) is 0 Å². The topological polar surface area (TPSA) is 17.1 Å². The SMILES string of the molecule is O=C(S)SP. The Kier molecular flexibility index (Phi) is 3.49. The zero-order valence-electron chi connectivity index (χ0n) is 2.34. The van der Waals surface area contributed by atoms with Crippen LogP contribution in [0.5, 0.6) is 0 Å². The molecule has 0 saturated heterocycles. The van der Waals surface area contributed by atoms with Crippen molar-refractivity contribution in [2.24, 2.45) is 0 Å². The second kappa shape index (κ2) is 3.01. The fourth-order valence-electron chi connectivity index (χ4n) is 0. The van der Waals surface area contributed by atoms with Gasteiger partial charge in [-0.3, -0.25) is 4.79 Å². The summed E-state index contributed by atoms with van der Waals surface area (Å²) in [5.41, 5.74) is 0. The van der Waals surface area contributed by atoms with Gasteiger partial charge in [-0.2, -0.15) is 0 Å². The number of hydrogen-bond acceptors (Lipinski definition) is 2. The predicted octanol–water partition coefficient (Wildman–Crippen LogP) is 1.56. The van der Waals surface area contributed by atoms with E-state index in [2.05, 4.69) is 21.1 Å². The third-order valence-corrected chi connectivity index (χ3v) is 1.86. The van der Waals surface area contributed by atoms with Crippen molar-refractivity contribution >= 4 is 36.9 Å². The summed E-state index contributed by atoms with van der Waals surface area (Å²) in [7, 11) is 2.19. The van der Waals surface area contributed by atoms with Gasteiger partial charge in [-0.1, -0.05) is 32.5 Å². The Hall–Kier alpha value is 0.800. The molecule has 30 valence electrons. The summed E-state index contributed by atoms with van der Waals surface area (Å²) in [4.78, 5) is 9.62. The first-order valence-corrected chi connectivity index (χ1v) is 3.61. The van der Waals surface area contributed by atoms with Gasteiger partial charge >= 0.3 is 0 Å². The van der Waals surface area contributed by atoms with E-state index in [1.807, 2.05) is 0 Å². The van der Waals surface area contributed by atoms with E-state index in [1.54, 1.807) is 0 Å². The lowest BCUT2D eigenvalue weighted by Crippen LogP contribution is -1.54. The molecule has 0 aromatic rings. The fraction of sp³-hybridized carbons (Fsp3) is 0. The number of thiol groups is 1. The molecule has 0 spiro atoms. The van der Waals surface area contributed by atoms with Gasteiger partial charge in [0.25, 0.3) is 0 Å². The number of carbonyl (C=O) groups excluding carboxylic acids is 1. The molecule has 0 N–H and O–H groups in total. The number of hydrogen-bond donors (Lipinski definition) is 1. The van der Waals surface area contributed by atoms with Crippen LogP contribution in [-0.4, -0.2) is 4.45 Å². The minimum Gasteiger partial charge on any atom is -0.274 e. The third kappa shape index (κ3) is 4.80. The summed E-state index contributed by atoms with van der Waals surface area (Å²) in [6, 6.07) is 0. The summed E-state index contributed by atoms with van der Waals surface area (Å²) < 4.78 is -0.171. The molecule has 0 aliphatic carbocycles. The molecule has 1 atom stereocenters. The van der Waals surface area contributed by atoms with Crippen molar-refractivity contribution in [1.29, 1.82) is 0 Å². The molecule has 0 aromatic heterocycles. The highest BCUT2D eigenvalue weighted by Crippen LogP contribution is 2.13. The molecule has 1 unspecified atom stereocenters. The maximum absolute atomic E-state index is 9.62. The summed E-state index contributed by atoms with van der Waals surface area (Å²) >= 11 is 4.42. The van der Waals surface area contributed by atoms with Crippen molar-refractivity contribution in [3.63, 3.8) is 0 Å². The Labute approximate surface area is 42.3 Å². The first kappa shape index (κ1) is 5.80. The molecule has 0 radical (unpaired) electrons. The summed E-state index contributed by atoms with van der Waals surface area (Å²) in [5.74, 6) is 0. The maximum atomic E-state index is 9.62. The van der Waals surface area contributed by atoms with Crippen molar-refractivity contribution < 1.29 is 4.79 Å². The first-order chi connectivity index (χ1) is 2.27. The monoisotopic (exact) mass is 126 g/mol. The van der Waals surface area contributed by atoms with E-state index in [0.29, 0.717) is 0 Å². The van der Waals surface area contributed by atoms with E-state index < -0.39 is 0 Å². The van der Waals surface area contributed by atoms with E-state index in [1.165, 1.54) is 0 Å². The van der Waals surface area contributed by atoms with E-state index in [4.69, 9.17) is 0 Å². The van der Waals surface area contributed by atoms with Gasteiger partial charge in [0.2, 0.25) is 4.45 Å². The fourth-order valence-corrected chi connectivity index (χ4v) is 0. The van der Waals surface area contributed by atoms with Crippen LogP contribution in [0.4, 0.5) is 4.79 Å². The minimum atomic E-state index is -0.171. The molecule has 0 bridgehead atoms. The molecule has 0 aliphatic heterocycles. The molecule has 0 fully saturated rings. The molecule has 4 heteroatoms. The molecule has 0 rings (SSSR count). The van der Waals surface area contributed by atoms with Gasteiger partial charge in [-0.25, -0.2) is 0 Å². The van der Waals surface area contributed by atoms with E-state index in [0.717, 1.165) is 11.4 Å². The van der Waals surface area contributed by atoms with Gasteiger partial charge in [0.15, 0.2) is 0 Å². The van der Waals surface area contributed by atoms with Crippen LogP contribution in [0.3, 0.4) is 0 Å². The average molecular weight is 126 g/mol. The highest BCUT2D eigenvalue weighted by atomic mass is 32.7. The lowest BCUT2D eigenvalue weighted by atomic mass is 11.8. The van der Waals surface area contributed by atoms with Crippen molar-refractivity contribution in [3.8, 4) is 0 Å². The highest BCUT2D eigenvalue weighted by molar-refractivity contribution is 8.59. The Morgan fingerprint density at radius 1 is 2.00 bits per heavy atom. The molecular weight excluding hydrogens is 123 g/mol. The van der Waals surface area contributed by atoms with E-state index >= 15 is 0 Å². The van der Waals surface area contributed by atoms with Crippen LogP contribution in [0.2, 0.25) is 0 Å². The zero-order valence-corrected chi connectivity index (χ0v) is 5.21. The minimum absolute atomic E-state index is 0.171. The molecule has 0 heterocycles. The molecule has 0 aromatic carbocycles. The van der Waals surface area contributed by atoms with Gasteiger partial charge in [-0.05, 0) is 0 Å². The van der Waals surface area contributed by atoms with Crippen molar-refractivity contribution in [3.05, 3.63) is 0 Å². The van der Waals surface area contributed by atoms with Crippen molar-refractivity contribution in [2.45, 2.75) is 0 Å². The summed E-state index contributed by atoms with van der Waals surface area (Å²) in [6.07, 6.45) is 0. The Morgan fingerprint density at radius 3 is 2.20 bits per heavy atom. The molecule has 0 saturated carbocycles. The first-order valence-electron chi connectivity index (χ1n) is 0.868. The molecule has 0 aliphatic rings. The Morgan fingerprint density at radius 2 is 2.20 bits per heavy atom. The van der Waals surface area contributed by atoms with E-state index in [-0.39, 0.29) is 4.45 Å². The molecular formula is CH3OPS2. The van der Waals surface area contributed by atoms with Crippen LogP contribution in [0.15, 0.2) is 0 Å². The second-order valence-electron chi connectivity index (χ2n) is 0.384. The van der Waals surface area contributed by atoms with Crippen LogP contribution in [0.25, 0.3) is 0 Å². The van der Waals surface area contributed by atoms with Gasteiger partial charge < -0.3 is 0 Å². The van der Waals surface area contributed by atoms with Crippen LogP contribution in [0.1, 0.15) is 0 Å². The third-order valence-electron chi connectivity index (χ3n) is 0.101. The predicted molar refractivity (Wildman–Crippen MR) is 31.7 cm³/mol. The van der Waals surface area contributed by atoms with Crippen LogP contribution in [0, 0.1) is 0 Å². The quantitative estimate of drug-likeness (QED) is 0.392. The normalized spacial score (nSPS) is 7.60. The number of carbonyl (C=O) groups is 1. The lowest BCUT2D eigenvalue weighted by Gasteiger charge is -1.70. The summed E-state index contributed by atoms with van der Waals surface area (Å²) in [6.45, 7) is 0. The summed E-state index contributed by atoms with van der Waals surface area (Å²) in [5, 5.41) is 0.